The Morgan fingerprint density at radius 2 is 1.93 bits per heavy atom. The zero-order chi connectivity index (χ0) is 22.2. The lowest BCUT2D eigenvalue weighted by molar-refractivity contribution is -0.122. The number of nitriles is 1. The van der Waals surface area contributed by atoms with E-state index >= 15 is 0 Å². The molecule has 0 bridgehead atoms. The molecule has 30 heavy (non-hydrogen) atoms. The molecule has 1 amide bonds. The zero-order valence-electron chi connectivity index (χ0n) is 16.3. The Kier molecular flexibility index (Phi) is 5.60. The van der Waals surface area contributed by atoms with Crippen molar-refractivity contribution < 1.29 is 18.0 Å². The number of carbonyl (C=O) groups excluding carboxylic acids is 1. The number of nitrogens with zero attached hydrogens (tertiary/aromatic N) is 2. The van der Waals surface area contributed by atoms with E-state index in [1.54, 1.807) is 6.07 Å². The average molecular weight is 414 g/mol. The number of hydrogen-bond acceptors (Lipinski definition) is 4. The van der Waals surface area contributed by atoms with Gasteiger partial charge in [0.2, 0.25) is 5.91 Å². The molecule has 0 radical (unpaired) electrons. The lowest BCUT2D eigenvalue weighted by atomic mass is 9.93. The van der Waals surface area contributed by atoms with E-state index < -0.39 is 40.9 Å². The van der Waals surface area contributed by atoms with Crippen molar-refractivity contribution in [2.45, 2.75) is 32.7 Å². The third-order valence-electron chi connectivity index (χ3n) is 4.96. The average Bonchev–Trinajstić information content (AvgIpc) is 2.70. The van der Waals surface area contributed by atoms with E-state index in [0.717, 1.165) is 12.1 Å². The van der Waals surface area contributed by atoms with Gasteiger partial charge in [-0.1, -0.05) is 0 Å². The Morgan fingerprint density at radius 1 is 1.23 bits per heavy atom. The molecule has 2 aromatic heterocycles. The minimum absolute atomic E-state index is 0.0232. The second-order valence-corrected chi connectivity index (χ2v) is 6.93. The van der Waals surface area contributed by atoms with Crippen LogP contribution in [-0.2, 0) is 4.79 Å². The maximum absolute atomic E-state index is 14.3. The zero-order valence-corrected chi connectivity index (χ0v) is 16.3. The first-order chi connectivity index (χ1) is 14.1. The van der Waals surface area contributed by atoms with E-state index in [0.29, 0.717) is 0 Å². The molecule has 3 rings (SSSR count). The van der Waals surface area contributed by atoms with E-state index in [-0.39, 0.29) is 33.3 Å². The van der Waals surface area contributed by atoms with Gasteiger partial charge in [-0.2, -0.15) is 5.26 Å². The van der Waals surface area contributed by atoms with Crippen molar-refractivity contribution in [2.24, 2.45) is 0 Å². The van der Waals surface area contributed by atoms with Crippen LogP contribution < -0.4 is 10.9 Å². The first-order valence-electron chi connectivity index (χ1n) is 9.02. The fourth-order valence-corrected chi connectivity index (χ4v) is 3.40. The minimum atomic E-state index is -1.12. The van der Waals surface area contributed by atoms with Crippen LogP contribution in [0.1, 0.15) is 48.2 Å². The van der Waals surface area contributed by atoms with E-state index in [4.69, 9.17) is 5.26 Å². The quantitative estimate of drug-likeness (QED) is 0.683. The highest BCUT2D eigenvalue weighted by Gasteiger charge is 2.26. The van der Waals surface area contributed by atoms with Gasteiger partial charge in [0.05, 0.1) is 28.7 Å². The maximum atomic E-state index is 14.3. The molecule has 0 fully saturated rings. The van der Waals surface area contributed by atoms with Crippen molar-refractivity contribution in [3.63, 3.8) is 0 Å². The van der Waals surface area contributed by atoms with Crippen molar-refractivity contribution in [3.05, 3.63) is 74.6 Å². The SMILES string of the molecule is Cc1c([C@@H](C)C(=O)N[C@@H](C)c2ncc(C#N)cc2F)c(=O)[nH]c2ccc(F)c(F)c12. The van der Waals surface area contributed by atoms with Crippen LogP contribution in [0.15, 0.2) is 29.2 Å². The molecule has 9 heteroatoms. The molecule has 0 aliphatic heterocycles. The maximum Gasteiger partial charge on any atom is 0.252 e. The van der Waals surface area contributed by atoms with Crippen LogP contribution in [-0.4, -0.2) is 15.9 Å². The van der Waals surface area contributed by atoms with Crippen LogP contribution in [0.4, 0.5) is 13.2 Å². The van der Waals surface area contributed by atoms with Crippen molar-refractivity contribution in [3.8, 4) is 6.07 Å². The topological polar surface area (TPSA) is 98.6 Å². The van der Waals surface area contributed by atoms with E-state index in [1.165, 1.54) is 33.0 Å². The number of aromatic amines is 1. The number of nitrogens with one attached hydrogen (secondary N) is 2. The lowest BCUT2D eigenvalue weighted by Crippen LogP contribution is -2.34. The standard InChI is InChI=1S/C21H17F3N4O2/c1-9-16(21(30)28-15-5-4-13(22)18(24)17(9)15)10(2)20(29)27-11(3)19-14(23)6-12(7-25)8-26-19/h4-6,8,10-11H,1-3H3,(H,27,29)(H,28,30)/t10-,11+/m1/s1. The first kappa shape index (κ1) is 21.0. The van der Waals surface area contributed by atoms with Crippen LogP contribution in [0.5, 0.6) is 0 Å². The molecule has 0 saturated carbocycles. The number of hydrogen-bond donors (Lipinski definition) is 2. The number of aromatic nitrogens is 2. The highest BCUT2D eigenvalue weighted by Crippen LogP contribution is 2.27. The molecule has 6 nitrogen and oxygen atoms in total. The van der Waals surface area contributed by atoms with Gasteiger partial charge in [0, 0.05) is 17.1 Å². The summed E-state index contributed by atoms with van der Waals surface area (Å²) in [5, 5.41) is 11.2. The van der Waals surface area contributed by atoms with E-state index in [1.807, 2.05) is 0 Å². The molecule has 0 unspecified atom stereocenters. The van der Waals surface area contributed by atoms with Gasteiger partial charge >= 0.3 is 0 Å². The molecule has 2 atom stereocenters. The van der Waals surface area contributed by atoms with Crippen LogP contribution in [0.2, 0.25) is 0 Å². The number of fused-ring (bicyclic) bond motifs is 1. The normalized spacial score (nSPS) is 13.0. The Morgan fingerprint density at radius 3 is 2.57 bits per heavy atom. The third kappa shape index (κ3) is 3.64. The predicted molar refractivity (Wildman–Crippen MR) is 103 cm³/mol. The van der Waals surface area contributed by atoms with Gasteiger partial charge in [-0.15, -0.1) is 0 Å². The summed E-state index contributed by atoms with van der Waals surface area (Å²) in [4.78, 5) is 31.6. The van der Waals surface area contributed by atoms with Gasteiger partial charge in [-0.3, -0.25) is 14.6 Å². The van der Waals surface area contributed by atoms with E-state index in [9.17, 15) is 22.8 Å². The van der Waals surface area contributed by atoms with Gasteiger partial charge in [-0.25, -0.2) is 13.2 Å². The molecular weight excluding hydrogens is 397 g/mol. The van der Waals surface area contributed by atoms with Crippen molar-refractivity contribution in [2.75, 3.05) is 0 Å². The minimum Gasteiger partial charge on any atom is -0.347 e. The number of benzene rings is 1. The molecule has 1 aromatic carbocycles. The largest absolute Gasteiger partial charge is 0.347 e. The van der Waals surface area contributed by atoms with E-state index in [2.05, 4.69) is 15.3 Å². The summed E-state index contributed by atoms with van der Waals surface area (Å²) in [5.74, 6) is -4.61. The van der Waals surface area contributed by atoms with Gasteiger partial charge in [0.15, 0.2) is 11.6 Å². The van der Waals surface area contributed by atoms with Gasteiger partial charge in [0.1, 0.15) is 11.9 Å². The molecular formula is C21H17F3N4O2. The third-order valence-corrected chi connectivity index (χ3v) is 4.96. The Bertz CT molecular complexity index is 1260. The molecule has 2 N–H and O–H groups in total. The summed E-state index contributed by atoms with van der Waals surface area (Å²) in [5.41, 5.74) is -0.412. The van der Waals surface area contributed by atoms with Crippen LogP contribution in [0.25, 0.3) is 10.9 Å². The fraction of sp³-hybridized carbons (Fsp3) is 0.238. The highest BCUT2D eigenvalue weighted by atomic mass is 19.2. The van der Waals surface area contributed by atoms with Crippen molar-refractivity contribution >= 4 is 16.8 Å². The molecule has 0 spiro atoms. The summed E-state index contributed by atoms with van der Waals surface area (Å²) < 4.78 is 42.1. The van der Waals surface area contributed by atoms with Crippen LogP contribution in [0, 0.1) is 35.7 Å². The number of aryl methyl sites for hydroxylation is 1. The Balaban J connectivity index is 1.95. The second-order valence-electron chi connectivity index (χ2n) is 6.93. The molecule has 154 valence electrons. The number of rotatable bonds is 4. The number of pyridine rings is 2. The molecule has 2 heterocycles. The summed E-state index contributed by atoms with van der Waals surface area (Å²) in [6.45, 7) is 4.37. The molecule has 0 saturated heterocycles. The lowest BCUT2D eigenvalue weighted by Gasteiger charge is -2.19. The van der Waals surface area contributed by atoms with Crippen molar-refractivity contribution in [1.29, 1.82) is 5.26 Å². The highest BCUT2D eigenvalue weighted by molar-refractivity contribution is 5.88. The predicted octanol–water partition coefficient (Wildman–Crippen LogP) is 3.50. The Labute approximate surface area is 169 Å². The monoisotopic (exact) mass is 414 g/mol. The summed E-state index contributed by atoms with van der Waals surface area (Å²) >= 11 is 0. The fourth-order valence-electron chi connectivity index (χ4n) is 3.40. The number of carbonyl (C=O) groups is 1. The van der Waals surface area contributed by atoms with Gasteiger partial charge in [-0.05, 0) is 44.5 Å². The number of amides is 1. The van der Waals surface area contributed by atoms with Gasteiger partial charge in [0.25, 0.3) is 5.56 Å². The van der Waals surface area contributed by atoms with Crippen LogP contribution in [0.3, 0.4) is 0 Å². The molecule has 3 aromatic rings. The summed E-state index contributed by atoms with van der Waals surface area (Å²) in [7, 11) is 0. The number of H-pyrrole nitrogens is 1. The second kappa shape index (κ2) is 7.99. The van der Waals surface area contributed by atoms with Crippen LogP contribution >= 0.6 is 0 Å². The Hall–Kier alpha value is -3.67. The first-order valence-corrected chi connectivity index (χ1v) is 9.02. The molecule has 0 aliphatic rings. The smallest absolute Gasteiger partial charge is 0.252 e. The number of halogens is 3. The van der Waals surface area contributed by atoms with Gasteiger partial charge < -0.3 is 10.3 Å². The molecule has 0 aliphatic carbocycles. The summed E-state index contributed by atoms with van der Waals surface area (Å²) in [6.07, 6.45) is 1.18. The van der Waals surface area contributed by atoms with Crippen molar-refractivity contribution in [1.82, 2.24) is 15.3 Å². The summed E-state index contributed by atoms with van der Waals surface area (Å²) in [6, 6.07) is 4.06.